The van der Waals surface area contributed by atoms with E-state index in [0.717, 1.165) is 3.01 Å². The third kappa shape index (κ3) is 2.58. The maximum absolute atomic E-state index is 11.0. The van der Waals surface area contributed by atoms with Crippen molar-refractivity contribution in [2.45, 2.75) is 6.92 Å². The quantitative estimate of drug-likeness (QED) is 0.465. The SMILES string of the molecule is CCOc1c(-c2nnc(I)s2)cccc1[N+](=O)[O-]. The number of benzene rings is 1. The summed E-state index contributed by atoms with van der Waals surface area (Å²) in [5.74, 6) is 0.248. The molecule has 0 spiro atoms. The number of nitro benzene ring substituents is 1. The summed E-state index contributed by atoms with van der Waals surface area (Å²) in [7, 11) is 0. The van der Waals surface area contributed by atoms with Gasteiger partial charge in [0.2, 0.25) is 5.75 Å². The summed E-state index contributed by atoms with van der Waals surface area (Å²) in [5.41, 5.74) is 0.547. The molecule has 0 saturated carbocycles. The molecule has 1 aromatic heterocycles. The van der Waals surface area contributed by atoms with Crippen molar-refractivity contribution in [3.05, 3.63) is 31.3 Å². The number of hydrogen-bond donors (Lipinski definition) is 0. The maximum atomic E-state index is 11.0. The van der Waals surface area contributed by atoms with E-state index in [1.54, 1.807) is 19.1 Å². The van der Waals surface area contributed by atoms with Gasteiger partial charge in [-0.3, -0.25) is 10.1 Å². The Kier molecular flexibility index (Phi) is 4.07. The van der Waals surface area contributed by atoms with Gasteiger partial charge in [0.1, 0.15) is 0 Å². The van der Waals surface area contributed by atoms with Gasteiger partial charge in [-0.25, -0.2) is 0 Å². The van der Waals surface area contributed by atoms with Crippen molar-refractivity contribution in [3.8, 4) is 16.3 Å². The van der Waals surface area contributed by atoms with Gasteiger partial charge in [-0.2, -0.15) is 0 Å². The molecule has 0 unspecified atom stereocenters. The van der Waals surface area contributed by atoms with Crippen LogP contribution in [0, 0.1) is 13.1 Å². The molecule has 1 heterocycles. The summed E-state index contributed by atoms with van der Waals surface area (Å²) in [5, 5.41) is 19.5. The summed E-state index contributed by atoms with van der Waals surface area (Å²) in [4.78, 5) is 10.5. The van der Waals surface area contributed by atoms with Crippen LogP contribution in [0.1, 0.15) is 6.92 Å². The van der Waals surface area contributed by atoms with Gasteiger partial charge in [0.15, 0.2) is 8.02 Å². The molecule has 0 atom stereocenters. The fourth-order valence-corrected chi connectivity index (χ4v) is 2.77. The predicted molar refractivity (Wildman–Crippen MR) is 75.9 cm³/mol. The molecular weight excluding hydrogens is 369 g/mol. The van der Waals surface area contributed by atoms with Crippen LogP contribution in [0.2, 0.25) is 0 Å². The fraction of sp³-hybridized carbons (Fsp3) is 0.200. The first-order valence-electron chi connectivity index (χ1n) is 5.03. The van der Waals surface area contributed by atoms with E-state index in [2.05, 4.69) is 32.8 Å². The molecule has 0 aliphatic rings. The number of halogens is 1. The van der Waals surface area contributed by atoms with Crippen molar-refractivity contribution in [1.82, 2.24) is 10.2 Å². The monoisotopic (exact) mass is 377 g/mol. The van der Waals surface area contributed by atoms with Gasteiger partial charge in [-0.05, 0) is 35.6 Å². The Labute approximate surface area is 120 Å². The molecule has 2 rings (SSSR count). The van der Waals surface area contributed by atoms with E-state index in [9.17, 15) is 10.1 Å². The molecule has 0 amide bonds. The minimum Gasteiger partial charge on any atom is -0.487 e. The topological polar surface area (TPSA) is 78.2 Å². The zero-order valence-corrected chi connectivity index (χ0v) is 12.3. The average molecular weight is 377 g/mol. The number of para-hydroxylation sites is 1. The average Bonchev–Trinajstić information content (AvgIpc) is 2.76. The molecule has 0 fully saturated rings. The number of rotatable bonds is 4. The molecule has 18 heavy (non-hydrogen) atoms. The van der Waals surface area contributed by atoms with Crippen molar-refractivity contribution in [1.29, 1.82) is 0 Å². The number of ether oxygens (including phenoxy) is 1. The smallest absolute Gasteiger partial charge is 0.311 e. The van der Waals surface area contributed by atoms with Gasteiger partial charge >= 0.3 is 5.69 Å². The van der Waals surface area contributed by atoms with Gasteiger partial charge < -0.3 is 4.74 Å². The zero-order valence-electron chi connectivity index (χ0n) is 9.29. The second kappa shape index (κ2) is 5.57. The van der Waals surface area contributed by atoms with Gasteiger partial charge in [-0.1, -0.05) is 17.4 Å². The first-order chi connectivity index (χ1) is 8.63. The normalized spacial score (nSPS) is 10.3. The standard InChI is InChI=1S/C10H8IN3O3S/c1-2-17-8-6(9-12-13-10(11)18-9)4-3-5-7(8)14(15)16/h3-5H,2H2,1H3. The molecule has 0 aliphatic heterocycles. The Morgan fingerprint density at radius 2 is 2.28 bits per heavy atom. The Morgan fingerprint density at radius 1 is 1.50 bits per heavy atom. The molecule has 0 bridgehead atoms. The molecule has 6 nitrogen and oxygen atoms in total. The van der Waals surface area contributed by atoms with E-state index in [0.29, 0.717) is 17.2 Å². The van der Waals surface area contributed by atoms with E-state index in [1.165, 1.54) is 17.4 Å². The van der Waals surface area contributed by atoms with E-state index < -0.39 is 4.92 Å². The van der Waals surface area contributed by atoms with Crippen LogP contribution in [0.15, 0.2) is 18.2 Å². The third-order valence-electron chi connectivity index (χ3n) is 2.11. The van der Waals surface area contributed by atoms with Crippen molar-refractivity contribution in [2.75, 3.05) is 6.61 Å². The lowest BCUT2D eigenvalue weighted by Crippen LogP contribution is -1.99. The van der Waals surface area contributed by atoms with Gasteiger partial charge in [0.05, 0.1) is 17.1 Å². The van der Waals surface area contributed by atoms with E-state index >= 15 is 0 Å². The van der Waals surface area contributed by atoms with Gasteiger partial charge in [0.25, 0.3) is 0 Å². The first-order valence-corrected chi connectivity index (χ1v) is 6.92. The van der Waals surface area contributed by atoms with E-state index in [4.69, 9.17) is 4.74 Å². The number of nitrogens with zero attached hydrogens (tertiary/aromatic N) is 3. The Bertz CT molecular complexity index is 587. The van der Waals surface area contributed by atoms with Gasteiger partial charge in [-0.15, -0.1) is 10.2 Å². The highest BCUT2D eigenvalue weighted by Gasteiger charge is 2.21. The minimum atomic E-state index is -0.458. The van der Waals surface area contributed by atoms with Crippen molar-refractivity contribution in [3.63, 3.8) is 0 Å². The fourth-order valence-electron chi connectivity index (χ4n) is 1.45. The summed E-state index contributed by atoms with van der Waals surface area (Å²) >= 11 is 3.42. The molecule has 0 aliphatic carbocycles. The van der Waals surface area contributed by atoms with Crippen LogP contribution in [0.5, 0.6) is 5.75 Å². The molecule has 94 valence electrons. The summed E-state index contributed by atoms with van der Waals surface area (Å²) in [6, 6.07) is 4.78. The van der Waals surface area contributed by atoms with Crippen molar-refractivity contribution < 1.29 is 9.66 Å². The molecular formula is C10H8IN3O3S. The predicted octanol–water partition coefficient (Wildman–Crippen LogP) is 3.12. The largest absolute Gasteiger partial charge is 0.487 e. The molecule has 8 heteroatoms. The molecule has 0 N–H and O–H groups in total. The van der Waals surface area contributed by atoms with Crippen molar-refractivity contribution in [2.24, 2.45) is 0 Å². The van der Waals surface area contributed by atoms with Crippen LogP contribution >= 0.6 is 33.9 Å². The molecule has 0 radical (unpaired) electrons. The number of hydrogen-bond acceptors (Lipinski definition) is 6. The lowest BCUT2D eigenvalue weighted by atomic mass is 10.2. The van der Waals surface area contributed by atoms with Crippen LogP contribution in [-0.4, -0.2) is 21.7 Å². The zero-order chi connectivity index (χ0) is 13.1. The highest BCUT2D eigenvalue weighted by atomic mass is 127. The number of nitro groups is 1. The highest BCUT2D eigenvalue weighted by molar-refractivity contribution is 14.1. The van der Waals surface area contributed by atoms with Crippen LogP contribution in [0.4, 0.5) is 5.69 Å². The van der Waals surface area contributed by atoms with Crippen LogP contribution in [-0.2, 0) is 0 Å². The Morgan fingerprint density at radius 3 is 2.83 bits per heavy atom. The Balaban J connectivity index is 2.59. The maximum Gasteiger partial charge on any atom is 0.311 e. The summed E-state index contributed by atoms with van der Waals surface area (Å²) < 4.78 is 6.16. The lowest BCUT2D eigenvalue weighted by molar-refractivity contribution is -0.385. The first kappa shape index (κ1) is 13.1. The summed E-state index contributed by atoms with van der Waals surface area (Å²) in [6.45, 7) is 2.14. The molecule has 2 aromatic rings. The van der Waals surface area contributed by atoms with Gasteiger partial charge in [0, 0.05) is 6.07 Å². The summed E-state index contributed by atoms with van der Waals surface area (Å²) in [6.07, 6.45) is 0. The minimum absolute atomic E-state index is 0.0560. The van der Waals surface area contributed by atoms with E-state index in [1.807, 2.05) is 0 Å². The third-order valence-corrected chi connectivity index (χ3v) is 3.73. The van der Waals surface area contributed by atoms with Crippen molar-refractivity contribution >= 4 is 39.6 Å². The molecule has 0 saturated heterocycles. The number of aromatic nitrogens is 2. The molecule has 1 aromatic carbocycles. The van der Waals surface area contributed by atoms with Crippen LogP contribution < -0.4 is 4.74 Å². The van der Waals surface area contributed by atoms with E-state index in [-0.39, 0.29) is 11.4 Å². The highest BCUT2D eigenvalue weighted by Crippen LogP contribution is 2.39. The lowest BCUT2D eigenvalue weighted by Gasteiger charge is -2.07. The second-order valence-corrected chi connectivity index (χ2v) is 5.94. The Hall–Kier alpha value is -1.29. The van der Waals surface area contributed by atoms with Crippen LogP contribution in [0.25, 0.3) is 10.6 Å². The second-order valence-electron chi connectivity index (χ2n) is 3.20. The van der Waals surface area contributed by atoms with Crippen LogP contribution in [0.3, 0.4) is 0 Å².